The monoisotopic (exact) mass is 467 g/mol. The topological polar surface area (TPSA) is 79.9 Å². The molecule has 0 unspecified atom stereocenters. The highest BCUT2D eigenvalue weighted by Gasteiger charge is 2.26. The third kappa shape index (κ3) is 5.56. The molecule has 0 bridgehead atoms. The number of hydrogen-bond acceptors (Lipinski definition) is 4. The van der Waals surface area contributed by atoms with E-state index in [0.29, 0.717) is 40.7 Å². The van der Waals surface area contributed by atoms with Crippen LogP contribution in [0, 0.1) is 0 Å². The minimum absolute atomic E-state index is 0.0315. The summed E-state index contributed by atoms with van der Waals surface area (Å²) in [4.78, 5) is 27.1. The van der Waals surface area contributed by atoms with Crippen LogP contribution < -0.4 is 20.1 Å². The Morgan fingerprint density at radius 3 is 2.03 bits per heavy atom. The van der Waals surface area contributed by atoms with Crippen molar-refractivity contribution in [3.05, 3.63) is 22.2 Å². The molecule has 1 saturated heterocycles. The Hall–Kier alpha value is -1.96. The highest BCUT2D eigenvalue weighted by Crippen LogP contribution is 2.35. The third-order valence-corrected chi connectivity index (χ3v) is 6.54. The first-order chi connectivity index (χ1) is 14.0. The molecule has 0 radical (unpaired) electrons. The van der Waals surface area contributed by atoms with Gasteiger partial charge in [0.05, 0.1) is 14.2 Å². The van der Waals surface area contributed by atoms with Crippen molar-refractivity contribution in [2.45, 2.75) is 57.0 Å². The predicted octanol–water partition coefficient (Wildman–Crippen LogP) is 3.70. The zero-order chi connectivity index (χ0) is 20.8. The summed E-state index contributed by atoms with van der Waals surface area (Å²) in [5, 5.41) is 6.24. The van der Waals surface area contributed by atoms with E-state index in [0.717, 1.165) is 25.7 Å². The first-order valence-electron chi connectivity index (χ1n) is 10.3. The quantitative estimate of drug-likeness (QED) is 0.691. The van der Waals surface area contributed by atoms with Crippen LogP contribution >= 0.6 is 15.9 Å². The summed E-state index contributed by atoms with van der Waals surface area (Å²) in [5.74, 6) is 0.923. The molecule has 1 aliphatic carbocycles. The van der Waals surface area contributed by atoms with Crippen molar-refractivity contribution >= 4 is 27.9 Å². The van der Waals surface area contributed by atoms with E-state index in [4.69, 9.17) is 9.47 Å². The number of urea groups is 1. The average molecular weight is 468 g/mol. The fourth-order valence-electron chi connectivity index (χ4n) is 4.01. The van der Waals surface area contributed by atoms with Crippen LogP contribution in [0.25, 0.3) is 0 Å². The van der Waals surface area contributed by atoms with E-state index in [2.05, 4.69) is 26.6 Å². The molecule has 8 heteroatoms. The number of piperidine rings is 1. The van der Waals surface area contributed by atoms with Gasteiger partial charge >= 0.3 is 6.03 Å². The van der Waals surface area contributed by atoms with Crippen molar-refractivity contribution in [3.63, 3.8) is 0 Å². The number of halogens is 1. The van der Waals surface area contributed by atoms with Crippen LogP contribution in [-0.2, 0) is 0 Å². The van der Waals surface area contributed by atoms with Gasteiger partial charge in [-0.2, -0.15) is 0 Å². The predicted molar refractivity (Wildman–Crippen MR) is 115 cm³/mol. The second kappa shape index (κ2) is 10.2. The molecule has 1 aliphatic heterocycles. The molecule has 1 saturated carbocycles. The molecule has 0 atom stereocenters. The standard InChI is InChI=1S/C21H30BrN3O4/c1-28-17-12-14(13-18(29-2)19(17)22)20(26)23-16-8-10-25(11-9-16)21(27)24-15-6-4-3-5-7-15/h12-13,15-16H,3-11H2,1-2H3,(H,23,26)(H,24,27). The molecule has 3 amide bonds. The molecule has 2 aliphatic rings. The van der Waals surface area contributed by atoms with Gasteiger partial charge in [-0.25, -0.2) is 4.79 Å². The first kappa shape index (κ1) is 21.7. The summed E-state index contributed by atoms with van der Waals surface area (Å²) in [6, 6.07) is 3.77. The van der Waals surface area contributed by atoms with Gasteiger partial charge in [0.25, 0.3) is 5.91 Å². The molecule has 29 heavy (non-hydrogen) atoms. The zero-order valence-electron chi connectivity index (χ0n) is 17.1. The lowest BCUT2D eigenvalue weighted by Crippen LogP contribution is -2.51. The minimum Gasteiger partial charge on any atom is -0.495 e. The lowest BCUT2D eigenvalue weighted by Gasteiger charge is -2.34. The molecule has 0 spiro atoms. The number of rotatable bonds is 5. The molecule has 160 valence electrons. The number of nitrogens with zero attached hydrogens (tertiary/aromatic N) is 1. The fourth-order valence-corrected chi connectivity index (χ4v) is 4.56. The van der Waals surface area contributed by atoms with Gasteiger partial charge in [-0.1, -0.05) is 19.3 Å². The van der Waals surface area contributed by atoms with E-state index in [1.807, 2.05) is 4.90 Å². The van der Waals surface area contributed by atoms with Gasteiger partial charge in [-0.05, 0) is 53.7 Å². The summed E-state index contributed by atoms with van der Waals surface area (Å²) in [7, 11) is 3.10. The van der Waals surface area contributed by atoms with Gasteiger partial charge in [0.1, 0.15) is 16.0 Å². The number of benzene rings is 1. The highest BCUT2D eigenvalue weighted by atomic mass is 79.9. The number of carbonyl (C=O) groups is 2. The van der Waals surface area contributed by atoms with Gasteiger partial charge in [-0.3, -0.25) is 4.79 Å². The second-order valence-electron chi connectivity index (χ2n) is 7.71. The number of nitrogens with one attached hydrogen (secondary N) is 2. The Bertz CT molecular complexity index is 704. The lowest BCUT2D eigenvalue weighted by molar-refractivity contribution is 0.0916. The molecule has 2 fully saturated rings. The number of likely N-dealkylation sites (tertiary alicyclic amines) is 1. The molecule has 7 nitrogen and oxygen atoms in total. The molecule has 1 aromatic rings. The molecule has 2 N–H and O–H groups in total. The Kier molecular flexibility index (Phi) is 7.64. The van der Waals surface area contributed by atoms with E-state index >= 15 is 0 Å². The third-order valence-electron chi connectivity index (χ3n) is 5.76. The van der Waals surface area contributed by atoms with Gasteiger partial charge in [-0.15, -0.1) is 0 Å². The smallest absolute Gasteiger partial charge is 0.317 e. The molecule has 0 aromatic heterocycles. The van der Waals surface area contributed by atoms with Crippen LogP contribution in [0.1, 0.15) is 55.3 Å². The maximum absolute atomic E-state index is 12.7. The molecule has 1 aromatic carbocycles. The van der Waals surface area contributed by atoms with Crippen molar-refractivity contribution in [3.8, 4) is 11.5 Å². The van der Waals surface area contributed by atoms with Crippen molar-refractivity contribution in [1.82, 2.24) is 15.5 Å². The molecular weight excluding hydrogens is 438 g/mol. The van der Waals surface area contributed by atoms with Crippen LogP contribution in [0.4, 0.5) is 4.79 Å². The first-order valence-corrected chi connectivity index (χ1v) is 11.1. The maximum atomic E-state index is 12.7. The number of carbonyl (C=O) groups excluding carboxylic acids is 2. The van der Waals surface area contributed by atoms with Crippen LogP contribution in [0.5, 0.6) is 11.5 Å². The number of methoxy groups -OCH3 is 2. The van der Waals surface area contributed by atoms with E-state index in [-0.39, 0.29) is 18.0 Å². The van der Waals surface area contributed by atoms with Crippen molar-refractivity contribution in [1.29, 1.82) is 0 Å². The summed E-state index contributed by atoms with van der Waals surface area (Å²) in [5.41, 5.74) is 0.486. The van der Waals surface area contributed by atoms with Gasteiger partial charge in [0, 0.05) is 30.7 Å². The summed E-state index contributed by atoms with van der Waals surface area (Å²) in [6.07, 6.45) is 7.32. The van der Waals surface area contributed by atoms with E-state index in [9.17, 15) is 9.59 Å². The Labute approximate surface area is 180 Å². The van der Waals surface area contributed by atoms with Gasteiger partial charge in [0.2, 0.25) is 0 Å². The summed E-state index contributed by atoms with van der Waals surface area (Å²) in [6.45, 7) is 1.30. The number of amides is 3. The largest absolute Gasteiger partial charge is 0.495 e. The van der Waals surface area contributed by atoms with Crippen LogP contribution in [0.15, 0.2) is 16.6 Å². The fraction of sp³-hybridized carbons (Fsp3) is 0.619. The normalized spacial score (nSPS) is 18.2. The van der Waals surface area contributed by atoms with E-state index in [1.165, 1.54) is 19.3 Å². The minimum atomic E-state index is -0.167. The van der Waals surface area contributed by atoms with Gasteiger partial charge in [0.15, 0.2) is 0 Å². The van der Waals surface area contributed by atoms with E-state index in [1.54, 1.807) is 26.4 Å². The van der Waals surface area contributed by atoms with E-state index < -0.39 is 0 Å². The van der Waals surface area contributed by atoms with Crippen molar-refractivity contribution < 1.29 is 19.1 Å². The lowest BCUT2D eigenvalue weighted by atomic mass is 9.95. The molecule has 3 rings (SSSR count). The maximum Gasteiger partial charge on any atom is 0.317 e. The Balaban J connectivity index is 1.51. The van der Waals surface area contributed by atoms with Crippen LogP contribution in [-0.4, -0.2) is 56.2 Å². The summed E-state index contributed by atoms with van der Waals surface area (Å²) >= 11 is 3.41. The van der Waals surface area contributed by atoms with Crippen LogP contribution in [0.3, 0.4) is 0 Å². The zero-order valence-corrected chi connectivity index (χ0v) is 18.7. The molecule has 1 heterocycles. The second-order valence-corrected chi connectivity index (χ2v) is 8.51. The Morgan fingerprint density at radius 1 is 0.931 bits per heavy atom. The Morgan fingerprint density at radius 2 is 1.48 bits per heavy atom. The molecular formula is C21H30BrN3O4. The van der Waals surface area contributed by atoms with Crippen LogP contribution in [0.2, 0.25) is 0 Å². The SMILES string of the molecule is COc1cc(C(=O)NC2CCN(C(=O)NC3CCCCC3)CC2)cc(OC)c1Br. The van der Waals surface area contributed by atoms with Gasteiger partial charge < -0.3 is 25.0 Å². The number of hydrogen-bond donors (Lipinski definition) is 2. The summed E-state index contributed by atoms with van der Waals surface area (Å²) < 4.78 is 11.3. The van der Waals surface area contributed by atoms with Crippen molar-refractivity contribution in [2.24, 2.45) is 0 Å². The van der Waals surface area contributed by atoms with Crippen molar-refractivity contribution in [2.75, 3.05) is 27.3 Å². The number of ether oxygens (including phenoxy) is 2. The average Bonchev–Trinajstić information content (AvgIpc) is 2.75. The highest BCUT2D eigenvalue weighted by molar-refractivity contribution is 9.10.